The summed E-state index contributed by atoms with van der Waals surface area (Å²) in [7, 11) is 0. The van der Waals surface area contributed by atoms with E-state index in [4.69, 9.17) is 10.5 Å². The normalized spacial score (nSPS) is 18.8. The highest BCUT2D eigenvalue weighted by Gasteiger charge is 2.30. The molecule has 2 heterocycles. The molecule has 0 unspecified atom stereocenters. The summed E-state index contributed by atoms with van der Waals surface area (Å²) in [5, 5.41) is 0. The Morgan fingerprint density at radius 2 is 1.79 bits per heavy atom. The number of carbonyl (C=O) groups excluding carboxylic acids is 1. The van der Waals surface area contributed by atoms with E-state index in [-0.39, 0.29) is 5.91 Å². The summed E-state index contributed by atoms with van der Waals surface area (Å²) in [5.74, 6) is 0.904. The van der Waals surface area contributed by atoms with Crippen LogP contribution in [0, 0.1) is 6.92 Å². The molecule has 0 radical (unpaired) electrons. The number of nitrogen functional groups attached to an aromatic ring is 1. The summed E-state index contributed by atoms with van der Waals surface area (Å²) >= 11 is 0. The van der Waals surface area contributed by atoms with Crippen molar-refractivity contribution in [1.82, 2.24) is 4.90 Å². The Bertz CT molecular complexity index is 883. The van der Waals surface area contributed by atoms with E-state index in [0.29, 0.717) is 23.7 Å². The summed E-state index contributed by atoms with van der Waals surface area (Å²) in [6.07, 6.45) is 5.59. The Kier molecular flexibility index (Phi) is 5.35. The molecular formula is C23H27N3O2. The van der Waals surface area contributed by atoms with Gasteiger partial charge in [-0.2, -0.15) is 0 Å². The Morgan fingerprint density at radius 1 is 1.04 bits per heavy atom. The van der Waals surface area contributed by atoms with Crippen molar-refractivity contribution in [2.45, 2.75) is 26.2 Å². The molecule has 2 aromatic rings. The predicted molar refractivity (Wildman–Crippen MR) is 113 cm³/mol. The molecule has 2 aliphatic heterocycles. The second kappa shape index (κ2) is 8.07. The van der Waals surface area contributed by atoms with Gasteiger partial charge < -0.3 is 20.3 Å². The molecule has 0 aliphatic carbocycles. The number of likely N-dealkylation sites (tertiary alicyclic amines) is 1. The second-order valence-corrected chi connectivity index (χ2v) is 7.61. The number of aryl methyl sites for hydroxylation is 1. The number of hydrogen-bond donors (Lipinski definition) is 1. The molecule has 0 spiro atoms. The second-order valence-electron chi connectivity index (χ2n) is 7.61. The van der Waals surface area contributed by atoms with Crippen LogP contribution in [0.3, 0.4) is 0 Å². The number of anilines is 2. The first kappa shape index (κ1) is 18.6. The van der Waals surface area contributed by atoms with Crippen molar-refractivity contribution < 1.29 is 9.53 Å². The fraction of sp³-hybridized carbons (Fsp3) is 0.348. The molecule has 28 heavy (non-hydrogen) atoms. The van der Waals surface area contributed by atoms with Crippen LogP contribution in [0.5, 0.6) is 5.75 Å². The molecule has 2 aromatic carbocycles. The largest absolute Gasteiger partial charge is 0.449 e. The van der Waals surface area contributed by atoms with Crippen LogP contribution in [0.2, 0.25) is 0 Å². The van der Waals surface area contributed by atoms with Crippen LogP contribution in [0.25, 0.3) is 6.08 Å². The van der Waals surface area contributed by atoms with Crippen LogP contribution in [0.1, 0.15) is 30.4 Å². The van der Waals surface area contributed by atoms with Crippen LogP contribution >= 0.6 is 0 Å². The number of hydrogen-bond acceptors (Lipinski definition) is 4. The molecule has 2 N–H and O–H groups in total. The topological polar surface area (TPSA) is 58.8 Å². The van der Waals surface area contributed by atoms with Crippen molar-refractivity contribution in [1.29, 1.82) is 0 Å². The van der Waals surface area contributed by atoms with Gasteiger partial charge in [-0.25, -0.2) is 0 Å². The van der Waals surface area contributed by atoms with E-state index in [1.54, 1.807) is 6.07 Å². The number of benzene rings is 2. The van der Waals surface area contributed by atoms with Crippen molar-refractivity contribution in [3.8, 4) is 5.75 Å². The van der Waals surface area contributed by atoms with Crippen LogP contribution < -0.4 is 15.4 Å². The average Bonchev–Trinajstić information content (AvgIpc) is 2.71. The first-order chi connectivity index (χ1) is 13.6. The molecule has 0 atom stereocenters. The molecule has 0 saturated carbocycles. The van der Waals surface area contributed by atoms with Gasteiger partial charge in [-0.05, 0) is 62.7 Å². The number of carbonyl (C=O) groups is 1. The minimum atomic E-state index is -0.115. The first-order valence-corrected chi connectivity index (χ1v) is 10.00. The molecule has 0 aromatic heterocycles. The molecule has 5 heteroatoms. The van der Waals surface area contributed by atoms with Gasteiger partial charge in [0.15, 0.2) is 11.5 Å². The monoisotopic (exact) mass is 377 g/mol. The Morgan fingerprint density at radius 3 is 2.54 bits per heavy atom. The van der Waals surface area contributed by atoms with Gasteiger partial charge in [0, 0.05) is 18.8 Å². The van der Waals surface area contributed by atoms with Gasteiger partial charge in [0.05, 0.1) is 5.69 Å². The van der Waals surface area contributed by atoms with Gasteiger partial charge in [-0.15, -0.1) is 0 Å². The molecule has 2 aliphatic rings. The van der Waals surface area contributed by atoms with Crippen molar-refractivity contribution in [3.63, 3.8) is 0 Å². The van der Waals surface area contributed by atoms with E-state index in [2.05, 4.69) is 4.90 Å². The standard InChI is InChI=1S/C23H27N3O2/c1-17-5-7-18(8-6-17)15-22-23(27)26(14-13-25-11-3-2-4-12-25)20-16-19(24)9-10-21(20)28-22/h5-10,15-16H,2-4,11-14,24H2,1H3/b22-15+. The van der Waals surface area contributed by atoms with Gasteiger partial charge in [0.2, 0.25) is 0 Å². The minimum Gasteiger partial charge on any atom is -0.449 e. The highest BCUT2D eigenvalue weighted by molar-refractivity contribution is 6.10. The number of nitrogens with zero attached hydrogens (tertiary/aromatic N) is 2. The lowest BCUT2D eigenvalue weighted by Gasteiger charge is -2.33. The maximum absolute atomic E-state index is 13.2. The van der Waals surface area contributed by atoms with Crippen molar-refractivity contribution in [2.75, 3.05) is 36.8 Å². The summed E-state index contributed by atoms with van der Waals surface area (Å²) in [6.45, 7) is 5.74. The van der Waals surface area contributed by atoms with Gasteiger partial charge in [0.25, 0.3) is 5.91 Å². The van der Waals surface area contributed by atoms with Crippen molar-refractivity contribution in [3.05, 3.63) is 59.4 Å². The van der Waals surface area contributed by atoms with Crippen LogP contribution in [0.4, 0.5) is 11.4 Å². The predicted octanol–water partition coefficient (Wildman–Crippen LogP) is 3.83. The quantitative estimate of drug-likeness (QED) is 0.650. The van der Waals surface area contributed by atoms with Crippen molar-refractivity contribution in [2.24, 2.45) is 0 Å². The van der Waals surface area contributed by atoms with Crippen LogP contribution in [0.15, 0.2) is 48.2 Å². The zero-order chi connectivity index (χ0) is 19.5. The molecule has 5 nitrogen and oxygen atoms in total. The number of nitrogens with two attached hydrogens (primary N) is 1. The van der Waals surface area contributed by atoms with E-state index in [9.17, 15) is 4.79 Å². The lowest BCUT2D eigenvalue weighted by molar-refractivity contribution is -0.117. The Labute approximate surface area is 166 Å². The van der Waals surface area contributed by atoms with E-state index in [1.165, 1.54) is 24.8 Å². The maximum atomic E-state index is 13.2. The first-order valence-electron chi connectivity index (χ1n) is 10.00. The number of piperidine rings is 1. The van der Waals surface area contributed by atoms with E-state index in [0.717, 1.165) is 30.9 Å². The van der Waals surface area contributed by atoms with Gasteiger partial charge in [0.1, 0.15) is 0 Å². The highest BCUT2D eigenvalue weighted by Crippen LogP contribution is 2.37. The van der Waals surface area contributed by atoms with E-state index in [1.807, 2.05) is 54.3 Å². The minimum absolute atomic E-state index is 0.115. The van der Waals surface area contributed by atoms with Crippen LogP contribution in [-0.2, 0) is 4.79 Å². The van der Waals surface area contributed by atoms with Gasteiger partial charge in [-0.3, -0.25) is 4.79 Å². The average molecular weight is 377 g/mol. The number of fused-ring (bicyclic) bond motifs is 1. The third-order valence-corrected chi connectivity index (χ3v) is 5.41. The summed E-state index contributed by atoms with van der Waals surface area (Å²) in [6, 6.07) is 13.5. The molecule has 4 rings (SSSR count). The zero-order valence-electron chi connectivity index (χ0n) is 16.4. The van der Waals surface area contributed by atoms with E-state index >= 15 is 0 Å². The third-order valence-electron chi connectivity index (χ3n) is 5.41. The summed E-state index contributed by atoms with van der Waals surface area (Å²) in [4.78, 5) is 17.5. The maximum Gasteiger partial charge on any atom is 0.294 e. The van der Waals surface area contributed by atoms with Gasteiger partial charge in [-0.1, -0.05) is 36.2 Å². The number of amides is 1. The Balaban J connectivity index is 1.61. The lowest BCUT2D eigenvalue weighted by Crippen LogP contribution is -2.43. The van der Waals surface area contributed by atoms with Crippen LogP contribution in [-0.4, -0.2) is 37.0 Å². The zero-order valence-corrected chi connectivity index (χ0v) is 16.4. The molecule has 1 fully saturated rings. The summed E-state index contributed by atoms with van der Waals surface area (Å²) in [5.41, 5.74) is 9.49. The lowest BCUT2D eigenvalue weighted by atomic mass is 10.1. The molecule has 1 saturated heterocycles. The fourth-order valence-electron chi connectivity index (χ4n) is 3.79. The highest BCUT2D eigenvalue weighted by atomic mass is 16.5. The fourth-order valence-corrected chi connectivity index (χ4v) is 3.79. The van der Waals surface area contributed by atoms with Gasteiger partial charge >= 0.3 is 0 Å². The van der Waals surface area contributed by atoms with E-state index < -0.39 is 0 Å². The molecular weight excluding hydrogens is 350 g/mol. The summed E-state index contributed by atoms with van der Waals surface area (Å²) < 4.78 is 5.96. The number of ether oxygens (including phenoxy) is 1. The Hall–Kier alpha value is -2.79. The smallest absolute Gasteiger partial charge is 0.294 e. The third kappa shape index (κ3) is 4.04. The molecule has 1 amide bonds. The number of rotatable bonds is 4. The molecule has 146 valence electrons. The molecule has 0 bridgehead atoms. The SMILES string of the molecule is Cc1ccc(/C=C2/Oc3ccc(N)cc3N(CCN3CCCCC3)C2=O)cc1. The van der Waals surface area contributed by atoms with Crippen molar-refractivity contribution >= 4 is 23.4 Å².